The van der Waals surface area contributed by atoms with Crippen molar-refractivity contribution in [2.24, 2.45) is 0 Å². The average molecular weight is 313 g/mol. The summed E-state index contributed by atoms with van der Waals surface area (Å²) in [5.74, 6) is -0.0822. The van der Waals surface area contributed by atoms with E-state index in [0.717, 1.165) is 24.3 Å². The first-order valence-electron chi connectivity index (χ1n) is 5.34. The Morgan fingerprint density at radius 2 is 1.25 bits per heavy atom. The van der Waals surface area contributed by atoms with Crippen molar-refractivity contribution in [3.63, 3.8) is 0 Å². The maximum atomic E-state index is 11.9. The van der Waals surface area contributed by atoms with Crippen LogP contribution in [0.4, 0.5) is 0 Å². The third-order valence-corrected chi connectivity index (χ3v) is 4.46. The van der Waals surface area contributed by atoms with Gasteiger partial charge < -0.3 is 4.18 Å². The molecule has 6 nitrogen and oxygen atoms in total. The fourth-order valence-electron chi connectivity index (χ4n) is 1.42. The van der Waals surface area contributed by atoms with Gasteiger partial charge in [0.2, 0.25) is 0 Å². The molecular formula is C12H9O6S2. The topological polar surface area (TPSA) is 97.4 Å². The van der Waals surface area contributed by atoms with Crippen molar-refractivity contribution in [3.8, 4) is 5.75 Å². The SMILES string of the molecule is [O]S(=O)(=O)c1ccc(OS(=O)(=O)c2ccccc2)cc1. The Kier molecular flexibility index (Phi) is 3.80. The van der Waals surface area contributed by atoms with Crippen LogP contribution in [0.2, 0.25) is 0 Å². The minimum Gasteiger partial charge on any atom is -0.379 e. The Hall–Kier alpha value is -1.90. The van der Waals surface area contributed by atoms with Crippen LogP contribution in [-0.4, -0.2) is 16.8 Å². The number of hydrogen-bond acceptors (Lipinski definition) is 5. The summed E-state index contributed by atoms with van der Waals surface area (Å²) < 4.78 is 60.8. The van der Waals surface area contributed by atoms with Crippen LogP contribution < -0.4 is 4.18 Å². The summed E-state index contributed by atoms with van der Waals surface area (Å²) in [6.07, 6.45) is 0. The van der Waals surface area contributed by atoms with Gasteiger partial charge in [-0.1, -0.05) is 22.8 Å². The second kappa shape index (κ2) is 5.23. The molecular weight excluding hydrogens is 304 g/mol. The number of rotatable bonds is 4. The lowest BCUT2D eigenvalue weighted by Crippen LogP contribution is -2.09. The normalized spacial score (nSPS) is 12.1. The first kappa shape index (κ1) is 14.5. The van der Waals surface area contributed by atoms with E-state index in [-0.39, 0.29) is 10.6 Å². The lowest BCUT2D eigenvalue weighted by Gasteiger charge is -2.06. The summed E-state index contributed by atoms with van der Waals surface area (Å²) in [6, 6.07) is 11.7. The van der Waals surface area contributed by atoms with Gasteiger partial charge in [0.1, 0.15) is 10.6 Å². The minimum absolute atomic E-state index is 0.0273. The van der Waals surface area contributed by atoms with E-state index in [2.05, 4.69) is 0 Å². The molecule has 0 aliphatic rings. The minimum atomic E-state index is -4.57. The highest BCUT2D eigenvalue weighted by molar-refractivity contribution is 7.87. The van der Waals surface area contributed by atoms with Crippen LogP contribution in [0.3, 0.4) is 0 Å². The lowest BCUT2D eigenvalue weighted by molar-refractivity contribution is 0.414. The highest BCUT2D eigenvalue weighted by Crippen LogP contribution is 2.20. The fraction of sp³-hybridized carbons (Fsp3) is 0. The van der Waals surface area contributed by atoms with E-state index in [0.29, 0.717) is 0 Å². The molecule has 0 atom stereocenters. The number of benzene rings is 2. The molecule has 2 rings (SSSR count). The van der Waals surface area contributed by atoms with Crippen LogP contribution in [0.15, 0.2) is 64.4 Å². The molecule has 0 heterocycles. The summed E-state index contributed by atoms with van der Waals surface area (Å²) in [5.41, 5.74) is 0. The standard InChI is InChI=1S/C12H9O6S2/c13-19(14,15)11-8-6-10(7-9-11)18-20(16,17)12-4-2-1-3-5-12/h1-9H. The first-order chi connectivity index (χ1) is 9.29. The van der Waals surface area contributed by atoms with E-state index in [1.54, 1.807) is 18.2 Å². The van der Waals surface area contributed by atoms with Gasteiger partial charge in [-0.15, -0.1) is 0 Å². The van der Waals surface area contributed by atoms with Gasteiger partial charge in [0, 0.05) is 0 Å². The van der Waals surface area contributed by atoms with E-state index >= 15 is 0 Å². The predicted molar refractivity (Wildman–Crippen MR) is 68.6 cm³/mol. The van der Waals surface area contributed by atoms with Crippen LogP contribution >= 0.6 is 0 Å². The Morgan fingerprint density at radius 1 is 0.700 bits per heavy atom. The maximum absolute atomic E-state index is 11.9. The van der Waals surface area contributed by atoms with Crippen molar-refractivity contribution in [2.75, 3.05) is 0 Å². The summed E-state index contributed by atoms with van der Waals surface area (Å²) in [6.45, 7) is 0. The van der Waals surface area contributed by atoms with Crippen molar-refractivity contribution in [3.05, 3.63) is 54.6 Å². The largest absolute Gasteiger partial charge is 0.379 e. The zero-order chi connectivity index (χ0) is 14.8. The van der Waals surface area contributed by atoms with Crippen molar-refractivity contribution < 1.29 is 25.6 Å². The quantitative estimate of drug-likeness (QED) is 0.798. The van der Waals surface area contributed by atoms with Gasteiger partial charge in [0.25, 0.3) is 0 Å². The Labute approximate surface area is 116 Å². The van der Waals surface area contributed by atoms with Gasteiger partial charge in [-0.2, -0.15) is 16.8 Å². The van der Waals surface area contributed by atoms with Gasteiger partial charge in [0.15, 0.2) is 0 Å². The van der Waals surface area contributed by atoms with Gasteiger partial charge >= 0.3 is 20.2 Å². The van der Waals surface area contributed by atoms with E-state index in [1.165, 1.54) is 12.1 Å². The first-order valence-corrected chi connectivity index (χ1v) is 8.16. The lowest BCUT2D eigenvalue weighted by atomic mass is 10.3. The maximum Gasteiger partial charge on any atom is 0.339 e. The molecule has 20 heavy (non-hydrogen) atoms. The summed E-state index contributed by atoms with van der Waals surface area (Å²) in [5, 5.41) is 0. The van der Waals surface area contributed by atoms with Crippen LogP contribution in [-0.2, 0) is 24.8 Å². The molecule has 8 heteroatoms. The molecule has 105 valence electrons. The molecule has 2 aromatic rings. The Bertz CT molecular complexity index is 793. The molecule has 0 N–H and O–H groups in total. The Balaban J connectivity index is 2.27. The molecule has 0 amide bonds. The highest BCUT2D eigenvalue weighted by Gasteiger charge is 2.17. The molecule has 0 saturated heterocycles. The van der Waals surface area contributed by atoms with Gasteiger partial charge in [-0.05, 0) is 36.4 Å². The molecule has 0 fully saturated rings. The molecule has 0 saturated carbocycles. The summed E-state index contributed by atoms with van der Waals surface area (Å²) >= 11 is 0. The highest BCUT2D eigenvalue weighted by atomic mass is 32.2. The summed E-state index contributed by atoms with van der Waals surface area (Å²) in [7, 11) is -8.56. The molecule has 1 radical (unpaired) electrons. The second-order valence-corrected chi connectivity index (χ2v) is 6.70. The van der Waals surface area contributed by atoms with E-state index < -0.39 is 25.1 Å². The molecule has 0 unspecified atom stereocenters. The average Bonchev–Trinajstić information content (AvgIpc) is 2.39. The fourth-order valence-corrected chi connectivity index (χ4v) is 2.84. The second-order valence-electron chi connectivity index (χ2n) is 3.78. The third-order valence-electron chi connectivity index (χ3n) is 2.35. The van der Waals surface area contributed by atoms with E-state index in [1.807, 2.05) is 0 Å². The van der Waals surface area contributed by atoms with Crippen molar-refractivity contribution in [1.82, 2.24) is 0 Å². The monoisotopic (exact) mass is 313 g/mol. The molecule has 0 aliphatic carbocycles. The molecule has 2 aromatic carbocycles. The van der Waals surface area contributed by atoms with Gasteiger partial charge in [-0.3, -0.25) is 0 Å². The molecule has 0 spiro atoms. The molecule has 0 aliphatic heterocycles. The van der Waals surface area contributed by atoms with Crippen LogP contribution in [0, 0.1) is 0 Å². The van der Waals surface area contributed by atoms with E-state index in [4.69, 9.17) is 4.18 Å². The number of hydrogen-bond donors (Lipinski definition) is 0. The van der Waals surface area contributed by atoms with Gasteiger partial charge in [0.05, 0.1) is 4.90 Å². The van der Waals surface area contributed by atoms with Crippen LogP contribution in [0.1, 0.15) is 0 Å². The molecule has 0 aromatic heterocycles. The van der Waals surface area contributed by atoms with Crippen LogP contribution in [0.25, 0.3) is 0 Å². The van der Waals surface area contributed by atoms with Gasteiger partial charge in [-0.25, -0.2) is 0 Å². The zero-order valence-electron chi connectivity index (χ0n) is 9.96. The smallest absolute Gasteiger partial charge is 0.339 e. The zero-order valence-corrected chi connectivity index (χ0v) is 11.6. The van der Waals surface area contributed by atoms with Crippen LogP contribution in [0.5, 0.6) is 5.75 Å². The van der Waals surface area contributed by atoms with Crippen molar-refractivity contribution in [2.45, 2.75) is 9.79 Å². The van der Waals surface area contributed by atoms with Crippen molar-refractivity contribution >= 4 is 20.2 Å². The summed E-state index contributed by atoms with van der Waals surface area (Å²) in [4.78, 5) is -0.484. The third kappa shape index (κ3) is 3.35. The molecule has 0 bridgehead atoms. The van der Waals surface area contributed by atoms with Crippen molar-refractivity contribution in [1.29, 1.82) is 0 Å². The van der Waals surface area contributed by atoms with E-state index in [9.17, 15) is 21.4 Å². The Morgan fingerprint density at radius 3 is 1.75 bits per heavy atom. The predicted octanol–water partition coefficient (Wildman–Crippen LogP) is 1.57.